The van der Waals surface area contributed by atoms with E-state index in [0.717, 1.165) is 0 Å². The number of benzene rings is 1. The molecule has 2 amide bonds. The van der Waals surface area contributed by atoms with Crippen molar-refractivity contribution in [1.29, 1.82) is 0 Å². The zero-order chi connectivity index (χ0) is 13.0. The third kappa shape index (κ3) is 2.87. The lowest BCUT2D eigenvalue weighted by atomic mass is 10.1. The minimum Gasteiger partial charge on any atom is -0.378 e. The highest BCUT2D eigenvalue weighted by Gasteiger charge is 2.18. The summed E-state index contributed by atoms with van der Waals surface area (Å²) < 4.78 is 5.19. The van der Waals surface area contributed by atoms with Gasteiger partial charge in [0.25, 0.3) is 0 Å². The van der Waals surface area contributed by atoms with Crippen LogP contribution in [0.4, 0.5) is 10.5 Å². The Morgan fingerprint density at radius 3 is 2.56 bits per heavy atom. The number of ether oxygens (including phenoxy) is 1. The number of carbonyl (C=O) groups excluding carboxylic acids is 2. The molecule has 0 aliphatic carbocycles. The molecule has 0 unspecified atom stereocenters. The van der Waals surface area contributed by atoms with E-state index in [9.17, 15) is 9.59 Å². The predicted molar refractivity (Wildman–Crippen MR) is 67.9 cm³/mol. The monoisotopic (exact) mass is 248 g/mol. The topological polar surface area (TPSA) is 58.6 Å². The molecule has 0 bridgehead atoms. The van der Waals surface area contributed by atoms with E-state index in [-0.39, 0.29) is 11.8 Å². The summed E-state index contributed by atoms with van der Waals surface area (Å²) in [5.74, 6) is -0.0622. The smallest absolute Gasteiger partial charge is 0.322 e. The minimum absolute atomic E-state index is 0.0622. The Labute approximate surface area is 106 Å². The first kappa shape index (κ1) is 12.6. The van der Waals surface area contributed by atoms with Gasteiger partial charge < -0.3 is 15.0 Å². The van der Waals surface area contributed by atoms with E-state index >= 15 is 0 Å². The van der Waals surface area contributed by atoms with Crippen molar-refractivity contribution in [1.82, 2.24) is 4.90 Å². The standard InChI is InChI=1S/C13H16N2O3/c1-10(16)11-4-2-3-5-12(11)14-13(17)15-6-8-18-9-7-15/h2-5H,6-9H2,1H3,(H,14,17). The van der Waals surface area contributed by atoms with Gasteiger partial charge in [0.2, 0.25) is 0 Å². The highest BCUT2D eigenvalue weighted by Crippen LogP contribution is 2.16. The van der Waals surface area contributed by atoms with Gasteiger partial charge in [-0.1, -0.05) is 12.1 Å². The number of nitrogens with one attached hydrogen (secondary N) is 1. The van der Waals surface area contributed by atoms with Crippen molar-refractivity contribution < 1.29 is 14.3 Å². The number of nitrogens with zero attached hydrogens (tertiary/aromatic N) is 1. The second-order valence-corrected chi connectivity index (χ2v) is 4.13. The molecule has 1 aromatic carbocycles. The Bertz CT molecular complexity index is 453. The number of Topliss-reactive ketones (excluding diaryl/α,β-unsaturated/α-hetero) is 1. The molecule has 96 valence electrons. The summed E-state index contributed by atoms with van der Waals surface area (Å²) in [7, 11) is 0. The van der Waals surface area contributed by atoms with Gasteiger partial charge in [0.15, 0.2) is 5.78 Å². The van der Waals surface area contributed by atoms with Gasteiger partial charge in [0.1, 0.15) is 0 Å². The fourth-order valence-corrected chi connectivity index (χ4v) is 1.86. The van der Waals surface area contributed by atoms with Crippen molar-refractivity contribution in [2.75, 3.05) is 31.6 Å². The predicted octanol–water partition coefficient (Wildman–Crippen LogP) is 1.75. The van der Waals surface area contributed by atoms with Crippen molar-refractivity contribution in [3.05, 3.63) is 29.8 Å². The van der Waals surface area contributed by atoms with Gasteiger partial charge in [0.05, 0.1) is 18.9 Å². The first-order valence-electron chi connectivity index (χ1n) is 5.92. The van der Waals surface area contributed by atoms with Crippen LogP contribution in [0.3, 0.4) is 0 Å². The fraction of sp³-hybridized carbons (Fsp3) is 0.385. The van der Waals surface area contributed by atoms with Crippen LogP contribution in [-0.4, -0.2) is 43.0 Å². The van der Waals surface area contributed by atoms with E-state index < -0.39 is 0 Å². The molecular formula is C13H16N2O3. The molecular weight excluding hydrogens is 232 g/mol. The van der Waals surface area contributed by atoms with Crippen LogP contribution in [0.15, 0.2) is 24.3 Å². The van der Waals surface area contributed by atoms with Gasteiger partial charge in [-0.3, -0.25) is 4.79 Å². The molecule has 1 aliphatic rings. The first-order valence-corrected chi connectivity index (χ1v) is 5.92. The number of hydrogen-bond acceptors (Lipinski definition) is 3. The molecule has 2 rings (SSSR count). The molecule has 1 saturated heterocycles. The third-order valence-corrected chi connectivity index (χ3v) is 2.85. The van der Waals surface area contributed by atoms with Crippen molar-refractivity contribution in [2.45, 2.75) is 6.92 Å². The molecule has 5 nitrogen and oxygen atoms in total. The van der Waals surface area contributed by atoms with Crippen molar-refractivity contribution >= 4 is 17.5 Å². The van der Waals surface area contributed by atoms with Crippen LogP contribution in [0, 0.1) is 0 Å². The number of para-hydroxylation sites is 1. The summed E-state index contributed by atoms with van der Waals surface area (Å²) in [6.45, 7) is 3.76. The summed E-state index contributed by atoms with van der Waals surface area (Å²) in [6.07, 6.45) is 0. The number of urea groups is 1. The maximum absolute atomic E-state index is 12.0. The molecule has 0 aromatic heterocycles. The SMILES string of the molecule is CC(=O)c1ccccc1NC(=O)N1CCOCC1. The number of morpholine rings is 1. The summed E-state index contributed by atoms with van der Waals surface area (Å²) >= 11 is 0. The Morgan fingerprint density at radius 2 is 1.89 bits per heavy atom. The Hall–Kier alpha value is -1.88. The van der Waals surface area contributed by atoms with Crippen LogP contribution < -0.4 is 5.32 Å². The van der Waals surface area contributed by atoms with Crippen molar-refractivity contribution in [3.8, 4) is 0 Å². The zero-order valence-corrected chi connectivity index (χ0v) is 10.3. The third-order valence-electron chi connectivity index (χ3n) is 2.85. The molecule has 0 spiro atoms. The molecule has 1 fully saturated rings. The lowest BCUT2D eigenvalue weighted by molar-refractivity contribution is 0.0564. The summed E-state index contributed by atoms with van der Waals surface area (Å²) in [4.78, 5) is 25.1. The zero-order valence-electron chi connectivity index (χ0n) is 10.3. The minimum atomic E-state index is -0.188. The number of anilines is 1. The molecule has 1 heterocycles. The van der Waals surface area contributed by atoms with Gasteiger partial charge in [-0.15, -0.1) is 0 Å². The van der Waals surface area contributed by atoms with Crippen LogP contribution in [-0.2, 0) is 4.74 Å². The van der Waals surface area contributed by atoms with Crippen molar-refractivity contribution in [3.63, 3.8) is 0 Å². The maximum Gasteiger partial charge on any atom is 0.322 e. The number of carbonyl (C=O) groups is 2. The van der Waals surface area contributed by atoms with Crippen molar-refractivity contribution in [2.24, 2.45) is 0 Å². The first-order chi connectivity index (χ1) is 8.68. The molecule has 5 heteroatoms. The largest absolute Gasteiger partial charge is 0.378 e. The van der Waals surface area contributed by atoms with Crippen LogP contribution in [0.2, 0.25) is 0 Å². The van der Waals surface area contributed by atoms with E-state index in [4.69, 9.17) is 4.74 Å². The summed E-state index contributed by atoms with van der Waals surface area (Å²) in [6, 6.07) is 6.82. The number of hydrogen-bond donors (Lipinski definition) is 1. The summed E-state index contributed by atoms with van der Waals surface area (Å²) in [5.41, 5.74) is 1.08. The van der Waals surface area contributed by atoms with Crippen LogP contribution in [0.1, 0.15) is 17.3 Å². The van der Waals surface area contributed by atoms with E-state index in [1.54, 1.807) is 29.2 Å². The molecule has 0 atom stereocenters. The van der Waals surface area contributed by atoms with Gasteiger partial charge in [-0.2, -0.15) is 0 Å². The average Bonchev–Trinajstić information content (AvgIpc) is 2.40. The number of amides is 2. The van der Waals surface area contributed by atoms with Crippen LogP contribution >= 0.6 is 0 Å². The van der Waals surface area contributed by atoms with Crippen LogP contribution in [0.5, 0.6) is 0 Å². The lowest BCUT2D eigenvalue weighted by Crippen LogP contribution is -2.43. The van der Waals surface area contributed by atoms with E-state index in [0.29, 0.717) is 37.6 Å². The molecule has 0 radical (unpaired) electrons. The van der Waals surface area contributed by atoms with Gasteiger partial charge in [0, 0.05) is 18.7 Å². The highest BCUT2D eigenvalue weighted by atomic mass is 16.5. The van der Waals surface area contributed by atoms with E-state index in [2.05, 4.69) is 5.32 Å². The molecule has 1 aromatic rings. The van der Waals surface area contributed by atoms with E-state index in [1.165, 1.54) is 6.92 Å². The molecule has 0 saturated carbocycles. The van der Waals surface area contributed by atoms with Gasteiger partial charge in [-0.25, -0.2) is 4.79 Å². The fourth-order valence-electron chi connectivity index (χ4n) is 1.86. The van der Waals surface area contributed by atoms with E-state index in [1.807, 2.05) is 0 Å². The Balaban J connectivity index is 2.08. The highest BCUT2D eigenvalue weighted by molar-refractivity contribution is 6.03. The quantitative estimate of drug-likeness (QED) is 0.811. The van der Waals surface area contributed by atoms with Gasteiger partial charge in [-0.05, 0) is 19.1 Å². The number of ketones is 1. The molecule has 18 heavy (non-hydrogen) atoms. The normalized spacial score (nSPS) is 15.3. The molecule has 1 aliphatic heterocycles. The Kier molecular flexibility index (Phi) is 3.94. The summed E-state index contributed by atoms with van der Waals surface area (Å²) in [5, 5.41) is 2.77. The molecule has 1 N–H and O–H groups in total. The second-order valence-electron chi connectivity index (χ2n) is 4.13. The van der Waals surface area contributed by atoms with Crippen LogP contribution in [0.25, 0.3) is 0 Å². The maximum atomic E-state index is 12.0. The Morgan fingerprint density at radius 1 is 1.22 bits per heavy atom. The van der Waals surface area contributed by atoms with Gasteiger partial charge >= 0.3 is 6.03 Å². The number of rotatable bonds is 2. The lowest BCUT2D eigenvalue weighted by Gasteiger charge is -2.27. The second kappa shape index (κ2) is 5.64. The average molecular weight is 248 g/mol.